The Labute approximate surface area is 179 Å². The monoisotopic (exact) mass is 404 g/mol. The molecule has 0 aromatic heterocycles. The second-order valence-corrected chi connectivity index (χ2v) is 9.00. The molecule has 0 saturated heterocycles. The molecule has 0 radical (unpaired) electrons. The first kappa shape index (κ1) is 19.6. The highest BCUT2D eigenvalue weighted by atomic mass is 16.5. The van der Waals surface area contributed by atoms with Crippen LogP contribution in [0, 0.1) is 0 Å². The minimum Gasteiger partial charge on any atom is -0.452 e. The summed E-state index contributed by atoms with van der Waals surface area (Å²) in [7, 11) is 0. The third-order valence-corrected chi connectivity index (χ3v) is 6.77. The Kier molecular flexibility index (Phi) is 5.49. The molecule has 0 unspecified atom stereocenters. The first-order valence-corrected chi connectivity index (χ1v) is 12.0. The molecule has 5 rings (SSSR count). The first-order valence-electron chi connectivity index (χ1n) is 12.0. The lowest BCUT2D eigenvalue weighted by molar-refractivity contribution is 0.460. The van der Waals surface area contributed by atoms with E-state index >= 15 is 0 Å². The molecular weight excluding hydrogens is 370 g/mol. The molecule has 3 aliphatic heterocycles. The Bertz CT molecular complexity index is 1070. The number of ether oxygens (including phenoxy) is 1. The molecule has 3 aliphatic rings. The van der Waals surface area contributed by atoms with Crippen molar-refractivity contribution >= 4 is 11.4 Å². The number of hydrogen-bond donors (Lipinski definition) is 0. The summed E-state index contributed by atoms with van der Waals surface area (Å²) in [6.45, 7) is 9.10. The molecule has 2 aromatic carbocycles. The Morgan fingerprint density at radius 1 is 0.967 bits per heavy atom. The number of benzene rings is 2. The third kappa shape index (κ3) is 3.61. The van der Waals surface area contributed by atoms with Gasteiger partial charge in [0.05, 0.1) is 6.07 Å². The zero-order chi connectivity index (χ0) is 20.5. The molecule has 4 nitrogen and oxygen atoms in total. The van der Waals surface area contributed by atoms with E-state index in [1.807, 2.05) is 0 Å². The van der Waals surface area contributed by atoms with E-state index in [1.165, 1.54) is 60.7 Å². The van der Waals surface area contributed by atoms with Crippen molar-refractivity contribution in [1.29, 1.82) is 0 Å². The van der Waals surface area contributed by atoms with Gasteiger partial charge in [0.25, 0.3) is 0 Å². The largest absolute Gasteiger partial charge is 0.452 e. The average molecular weight is 405 g/mol. The Morgan fingerprint density at radius 2 is 1.83 bits per heavy atom. The molecule has 0 bridgehead atoms. The van der Waals surface area contributed by atoms with Gasteiger partial charge in [0, 0.05) is 43.2 Å². The number of unbranched alkanes of at least 4 members (excludes halogenated alkanes) is 2. The molecule has 0 atom stereocenters. The summed E-state index contributed by atoms with van der Waals surface area (Å²) in [6.07, 6.45) is 9.69. The van der Waals surface area contributed by atoms with Gasteiger partial charge in [-0.15, -0.1) is 0 Å². The van der Waals surface area contributed by atoms with Gasteiger partial charge in [-0.05, 0) is 43.4 Å². The van der Waals surface area contributed by atoms with Gasteiger partial charge in [0.2, 0.25) is 5.36 Å². The van der Waals surface area contributed by atoms with E-state index in [0.717, 1.165) is 61.6 Å². The fraction of sp³-hybridized carbons (Fsp3) is 0.538. The third-order valence-electron chi connectivity index (χ3n) is 6.77. The number of nitrogens with zero attached hydrogens (tertiary/aromatic N) is 3. The fourth-order valence-electron chi connectivity index (χ4n) is 5.10. The van der Waals surface area contributed by atoms with Crippen LogP contribution in [-0.2, 0) is 12.8 Å². The van der Waals surface area contributed by atoms with Gasteiger partial charge in [-0.1, -0.05) is 26.7 Å². The number of rotatable bonds is 6. The van der Waals surface area contributed by atoms with Crippen molar-refractivity contribution in [2.75, 3.05) is 31.1 Å². The summed E-state index contributed by atoms with van der Waals surface area (Å²) < 4.78 is 9.01. The van der Waals surface area contributed by atoms with E-state index < -0.39 is 0 Å². The van der Waals surface area contributed by atoms with Gasteiger partial charge >= 0.3 is 0 Å². The standard InChI is InChI=1S/C26H34N3O/c1-3-5-11-28-13-7-9-19-15-21-25(17-23(19)28)30-26-18-24-20(16-22(26)27-21)10-8-14-29(24)12-6-4-2/h15-18H,3-14H2,1-2H3/q+1. The van der Waals surface area contributed by atoms with Crippen LogP contribution in [0.25, 0.3) is 0 Å². The molecule has 0 N–H and O–H groups in total. The van der Waals surface area contributed by atoms with Crippen molar-refractivity contribution in [3.8, 4) is 11.5 Å². The van der Waals surface area contributed by atoms with Crippen molar-refractivity contribution in [3.05, 3.63) is 46.1 Å². The van der Waals surface area contributed by atoms with Crippen LogP contribution in [0.4, 0.5) is 11.4 Å². The Morgan fingerprint density at radius 3 is 2.70 bits per heavy atom. The Hall–Kier alpha value is -2.36. The maximum Gasteiger partial charge on any atom is 0.207 e. The van der Waals surface area contributed by atoms with Crippen LogP contribution in [0.15, 0.2) is 29.3 Å². The second-order valence-electron chi connectivity index (χ2n) is 9.00. The lowest BCUT2D eigenvalue weighted by Crippen LogP contribution is -2.39. The topological polar surface area (TPSA) is 27.8 Å². The van der Waals surface area contributed by atoms with Crippen LogP contribution >= 0.6 is 0 Å². The van der Waals surface area contributed by atoms with E-state index in [0.29, 0.717) is 0 Å². The highest BCUT2D eigenvalue weighted by molar-refractivity contribution is 5.69. The zero-order valence-corrected chi connectivity index (χ0v) is 18.5. The van der Waals surface area contributed by atoms with Crippen molar-refractivity contribution in [2.45, 2.75) is 65.2 Å². The molecule has 0 fully saturated rings. The maximum absolute atomic E-state index is 6.47. The summed E-state index contributed by atoms with van der Waals surface area (Å²) in [5, 5.41) is 2.35. The van der Waals surface area contributed by atoms with Crippen molar-refractivity contribution in [2.24, 2.45) is 4.99 Å². The van der Waals surface area contributed by atoms with E-state index in [9.17, 15) is 0 Å². The molecule has 158 valence electrons. The van der Waals surface area contributed by atoms with Gasteiger partial charge in [0.1, 0.15) is 24.1 Å². The van der Waals surface area contributed by atoms with E-state index in [4.69, 9.17) is 9.73 Å². The smallest absolute Gasteiger partial charge is 0.207 e. The number of aryl methyl sites for hydroxylation is 2. The molecule has 0 spiro atoms. The van der Waals surface area contributed by atoms with Gasteiger partial charge < -0.3 is 9.64 Å². The van der Waals surface area contributed by atoms with Crippen LogP contribution in [0.3, 0.4) is 0 Å². The first-order chi connectivity index (χ1) is 14.8. The predicted molar refractivity (Wildman–Crippen MR) is 123 cm³/mol. The normalized spacial score (nSPS) is 16.7. The fourth-order valence-corrected chi connectivity index (χ4v) is 5.10. The molecule has 2 aromatic rings. The molecule has 4 heteroatoms. The van der Waals surface area contributed by atoms with Crippen LogP contribution in [0.1, 0.15) is 63.5 Å². The number of fused-ring (bicyclic) bond motifs is 4. The maximum atomic E-state index is 6.47. The number of anilines is 1. The summed E-state index contributed by atoms with van der Waals surface area (Å²) in [4.78, 5) is 7.58. The van der Waals surface area contributed by atoms with Crippen LogP contribution in [0.2, 0.25) is 0 Å². The van der Waals surface area contributed by atoms with Crippen molar-refractivity contribution in [1.82, 2.24) is 4.58 Å². The number of hydrogen-bond acceptors (Lipinski definition) is 3. The summed E-state index contributed by atoms with van der Waals surface area (Å²) in [6, 6.07) is 9.05. The van der Waals surface area contributed by atoms with Gasteiger partial charge in [-0.25, -0.2) is 9.57 Å². The second kappa shape index (κ2) is 8.41. The zero-order valence-electron chi connectivity index (χ0n) is 18.5. The lowest BCUT2D eigenvalue weighted by atomic mass is 9.99. The summed E-state index contributed by atoms with van der Waals surface area (Å²) in [5.41, 5.74) is 5.21. The quantitative estimate of drug-likeness (QED) is 0.565. The SMILES string of the molecule is CCCCN1CCCc2cc3c(cc21)Oc1cc2c(cc1=N3)CCC[N+]=2CCCC. The summed E-state index contributed by atoms with van der Waals surface area (Å²) in [5.74, 6) is 1.83. The van der Waals surface area contributed by atoms with Crippen LogP contribution < -0.4 is 24.9 Å². The van der Waals surface area contributed by atoms with Crippen LogP contribution in [0.5, 0.6) is 11.5 Å². The van der Waals surface area contributed by atoms with Crippen molar-refractivity contribution in [3.63, 3.8) is 0 Å². The molecular formula is C26H34N3O+. The highest BCUT2D eigenvalue weighted by Crippen LogP contribution is 2.41. The molecule has 0 aliphatic carbocycles. The highest BCUT2D eigenvalue weighted by Gasteiger charge is 2.24. The minimum atomic E-state index is 0.917. The predicted octanol–water partition coefficient (Wildman–Crippen LogP) is 4.53. The van der Waals surface area contributed by atoms with Gasteiger partial charge in [0.15, 0.2) is 11.5 Å². The van der Waals surface area contributed by atoms with Gasteiger partial charge in [-0.3, -0.25) is 0 Å². The van der Waals surface area contributed by atoms with Crippen LogP contribution in [-0.4, -0.2) is 26.2 Å². The van der Waals surface area contributed by atoms with E-state index in [2.05, 4.69) is 47.6 Å². The molecule has 0 amide bonds. The Balaban J connectivity index is 1.56. The molecule has 3 heterocycles. The summed E-state index contributed by atoms with van der Waals surface area (Å²) >= 11 is 0. The minimum absolute atomic E-state index is 0.917. The van der Waals surface area contributed by atoms with Gasteiger partial charge in [-0.2, -0.15) is 0 Å². The average Bonchev–Trinajstić information content (AvgIpc) is 2.77. The van der Waals surface area contributed by atoms with E-state index in [-0.39, 0.29) is 0 Å². The van der Waals surface area contributed by atoms with Crippen molar-refractivity contribution < 1.29 is 4.74 Å². The van der Waals surface area contributed by atoms with E-state index in [1.54, 1.807) is 0 Å². The lowest BCUT2D eigenvalue weighted by Gasteiger charge is -2.32. The molecule has 30 heavy (non-hydrogen) atoms. The molecule has 0 saturated carbocycles.